The van der Waals surface area contributed by atoms with Crippen LogP contribution in [0.2, 0.25) is 0 Å². The number of hydrogen-bond acceptors (Lipinski definition) is 2. The van der Waals surface area contributed by atoms with Crippen LogP contribution >= 0.6 is 6.04 Å². The summed E-state index contributed by atoms with van der Waals surface area (Å²) in [6, 6.07) is 56.4. The van der Waals surface area contributed by atoms with E-state index in [1.807, 2.05) is 0 Å². The molecule has 0 spiro atoms. The highest BCUT2D eigenvalue weighted by Crippen LogP contribution is 2.45. The van der Waals surface area contributed by atoms with Gasteiger partial charge in [-0.05, 0) is 83.6 Å². The maximum absolute atomic E-state index is 6.62. The molecule has 0 fully saturated rings. The molecule has 1 aromatic heterocycles. The van der Waals surface area contributed by atoms with E-state index in [4.69, 9.17) is 16.2 Å². The van der Waals surface area contributed by atoms with Crippen LogP contribution in [0.1, 0.15) is 0 Å². The van der Waals surface area contributed by atoms with Gasteiger partial charge in [0.15, 0.2) is 0 Å². The molecule has 9 aromatic rings. The van der Waals surface area contributed by atoms with Gasteiger partial charge in [-0.15, -0.1) is 0 Å². The van der Waals surface area contributed by atoms with E-state index in [2.05, 4.69) is 164 Å². The highest BCUT2D eigenvalue weighted by atomic mass is 32.4. The lowest BCUT2D eigenvalue weighted by molar-refractivity contribution is 0.669. The molecular weight excluding hydrogens is 584 g/mol. The molecule has 45 heavy (non-hydrogen) atoms. The summed E-state index contributed by atoms with van der Waals surface area (Å²) >= 11 is 6.62. The number of hydrogen-bond donors (Lipinski definition) is 0. The Morgan fingerprint density at radius 3 is 1.73 bits per heavy atom. The summed E-state index contributed by atoms with van der Waals surface area (Å²) in [6.45, 7) is 0. The van der Waals surface area contributed by atoms with Gasteiger partial charge < -0.3 is 4.42 Å². The highest BCUT2D eigenvalue weighted by Gasteiger charge is 2.25. The Morgan fingerprint density at radius 2 is 0.978 bits per heavy atom. The van der Waals surface area contributed by atoms with E-state index >= 15 is 0 Å². The van der Waals surface area contributed by atoms with Gasteiger partial charge in [0.25, 0.3) is 0 Å². The maximum atomic E-state index is 6.62. The van der Waals surface area contributed by atoms with Gasteiger partial charge in [0, 0.05) is 16.8 Å². The Bertz CT molecular complexity index is 2580. The Hall–Kier alpha value is -5.01. The average molecular weight is 611 g/mol. The minimum atomic E-state index is -2.22. The summed E-state index contributed by atoms with van der Waals surface area (Å²) < 4.78 is 6.55. The minimum Gasteiger partial charge on any atom is -0.456 e. The largest absolute Gasteiger partial charge is 0.456 e. The molecule has 9 rings (SSSR count). The predicted octanol–water partition coefficient (Wildman–Crippen LogP) is 10.5. The molecule has 1 heterocycles. The fourth-order valence-corrected chi connectivity index (χ4v) is 10.7. The van der Waals surface area contributed by atoms with E-state index in [-0.39, 0.29) is 0 Å². The lowest BCUT2D eigenvalue weighted by Gasteiger charge is -2.24. The fourth-order valence-electron chi connectivity index (χ4n) is 6.96. The highest BCUT2D eigenvalue weighted by molar-refractivity contribution is 8.25. The van der Waals surface area contributed by atoms with Crippen molar-refractivity contribution in [3.8, 4) is 11.1 Å². The first-order valence-electron chi connectivity index (χ1n) is 15.2. The van der Waals surface area contributed by atoms with Crippen LogP contribution in [0.3, 0.4) is 0 Å². The molecule has 0 atom stereocenters. The van der Waals surface area contributed by atoms with Crippen LogP contribution < -0.4 is 15.9 Å². The van der Waals surface area contributed by atoms with Crippen molar-refractivity contribution in [3.05, 3.63) is 164 Å². The minimum absolute atomic E-state index is 0.914. The molecule has 0 saturated heterocycles. The zero-order valence-corrected chi connectivity index (χ0v) is 26.1. The smallest absolute Gasteiger partial charge is 0.136 e. The fraction of sp³-hybridized carbons (Fsp3) is 0. The Morgan fingerprint density at radius 1 is 0.400 bits per heavy atom. The van der Waals surface area contributed by atoms with E-state index in [0.717, 1.165) is 11.2 Å². The van der Waals surface area contributed by atoms with E-state index in [9.17, 15) is 0 Å². The van der Waals surface area contributed by atoms with Gasteiger partial charge in [-0.1, -0.05) is 151 Å². The SMILES string of the molecule is S=P(c1ccccc1)(c1ccccc1)c1ccc2cc(-c3cc4oc5ccc6ccccc6c5c4c4ccccc34)ccc2c1. The number of fused-ring (bicyclic) bond motifs is 8. The molecule has 0 amide bonds. The van der Waals surface area contributed by atoms with E-state index < -0.39 is 6.04 Å². The van der Waals surface area contributed by atoms with Crippen LogP contribution in [-0.2, 0) is 11.8 Å². The van der Waals surface area contributed by atoms with E-state index in [0.29, 0.717) is 0 Å². The molecule has 3 heteroatoms. The van der Waals surface area contributed by atoms with Crippen LogP contribution in [0, 0.1) is 0 Å². The van der Waals surface area contributed by atoms with Crippen molar-refractivity contribution in [2.45, 2.75) is 0 Å². The molecule has 0 aliphatic carbocycles. The number of rotatable bonds is 4. The second kappa shape index (κ2) is 10.3. The predicted molar refractivity (Wildman–Crippen MR) is 198 cm³/mol. The van der Waals surface area contributed by atoms with Gasteiger partial charge in [-0.3, -0.25) is 0 Å². The molecule has 0 radical (unpaired) electrons. The van der Waals surface area contributed by atoms with Gasteiger partial charge in [0.1, 0.15) is 11.2 Å². The maximum Gasteiger partial charge on any atom is 0.136 e. The standard InChI is InChI=1S/C42H27OPS/c45-44(32-12-3-1-4-13-32,33-14-5-2-6-15-33)34-23-21-29-25-31(20-19-30(29)26-34)38-27-40-42(37-18-10-9-17-36(37)38)41-35-16-8-7-11-28(35)22-24-39(41)43-40/h1-27H. The van der Waals surface area contributed by atoms with Crippen LogP contribution in [0.15, 0.2) is 168 Å². The Labute approximate surface area is 266 Å². The summed E-state index contributed by atoms with van der Waals surface area (Å²) in [5.74, 6) is 0. The van der Waals surface area contributed by atoms with Gasteiger partial charge in [-0.2, -0.15) is 0 Å². The zero-order chi connectivity index (χ0) is 30.0. The molecule has 0 unspecified atom stereocenters. The number of benzene rings is 8. The van der Waals surface area contributed by atoms with Crippen molar-refractivity contribution in [1.82, 2.24) is 0 Å². The monoisotopic (exact) mass is 610 g/mol. The van der Waals surface area contributed by atoms with Crippen LogP contribution in [0.25, 0.3) is 65.4 Å². The number of furan rings is 1. The molecule has 8 aromatic carbocycles. The first-order chi connectivity index (χ1) is 22.2. The van der Waals surface area contributed by atoms with Crippen LogP contribution in [0.4, 0.5) is 0 Å². The molecule has 212 valence electrons. The molecule has 0 N–H and O–H groups in total. The van der Waals surface area contributed by atoms with Gasteiger partial charge in [-0.25, -0.2) is 0 Å². The third kappa shape index (κ3) is 4.11. The van der Waals surface area contributed by atoms with E-state index in [1.165, 1.54) is 70.1 Å². The average Bonchev–Trinajstić information content (AvgIpc) is 3.51. The summed E-state index contributed by atoms with van der Waals surface area (Å²) in [4.78, 5) is 0. The molecule has 0 bridgehead atoms. The molecule has 1 nitrogen and oxygen atoms in total. The van der Waals surface area contributed by atoms with Crippen molar-refractivity contribution in [2.24, 2.45) is 0 Å². The van der Waals surface area contributed by atoms with Crippen molar-refractivity contribution in [3.63, 3.8) is 0 Å². The van der Waals surface area contributed by atoms with E-state index in [1.54, 1.807) is 0 Å². The summed E-state index contributed by atoms with van der Waals surface area (Å²) in [6.07, 6.45) is 0. The topological polar surface area (TPSA) is 13.1 Å². The molecule has 0 saturated carbocycles. The second-order valence-corrected chi connectivity index (χ2v) is 16.0. The van der Waals surface area contributed by atoms with Gasteiger partial charge in [0.2, 0.25) is 0 Å². The normalized spacial score (nSPS) is 12.1. The third-order valence-corrected chi connectivity index (χ3v) is 14.1. The summed E-state index contributed by atoms with van der Waals surface area (Å²) in [5.41, 5.74) is 4.18. The van der Waals surface area contributed by atoms with Gasteiger partial charge in [0.05, 0.1) is 0 Å². The van der Waals surface area contributed by atoms with Crippen molar-refractivity contribution in [1.29, 1.82) is 0 Å². The molecule has 0 aliphatic rings. The first-order valence-corrected chi connectivity index (χ1v) is 18.0. The zero-order valence-electron chi connectivity index (χ0n) is 24.4. The van der Waals surface area contributed by atoms with Crippen LogP contribution in [0.5, 0.6) is 0 Å². The lowest BCUT2D eigenvalue weighted by atomic mass is 9.93. The molecular formula is C42H27OPS. The van der Waals surface area contributed by atoms with Crippen LogP contribution in [-0.4, -0.2) is 0 Å². The van der Waals surface area contributed by atoms with Crippen molar-refractivity contribution < 1.29 is 4.42 Å². The van der Waals surface area contributed by atoms with Gasteiger partial charge >= 0.3 is 0 Å². The Kier molecular flexibility index (Phi) is 6.03. The third-order valence-electron chi connectivity index (χ3n) is 9.11. The van der Waals surface area contributed by atoms with Crippen molar-refractivity contribution >= 4 is 88.0 Å². The summed E-state index contributed by atoms with van der Waals surface area (Å²) in [5, 5.41) is 13.2. The first kappa shape index (κ1) is 26.4. The van der Waals surface area contributed by atoms with Crippen molar-refractivity contribution in [2.75, 3.05) is 0 Å². The second-order valence-electron chi connectivity index (χ2n) is 11.6. The summed E-state index contributed by atoms with van der Waals surface area (Å²) in [7, 11) is 0. The lowest BCUT2D eigenvalue weighted by Crippen LogP contribution is -2.24. The Balaban J connectivity index is 1.23. The quantitative estimate of drug-likeness (QED) is 0.184. The molecule has 0 aliphatic heterocycles.